The SMILES string of the molecule is FC(F)(F)c1ccc2c(c1)Oc1ccc(-c3ccc(-c4cccc5ccccc45)c4ccccc34)c3cccc-2c13. The van der Waals surface area contributed by atoms with Gasteiger partial charge in [-0.15, -0.1) is 0 Å². The smallest absolute Gasteiger partial charge is 0.416 e. The van der Waals surface area contributed by atoms with Crippen molar-refractivity contribution in [3.8, 4) is 44.9 Å². The summed E-state index contributed by atoms with van der Waals surface area (Å²) in [5.74, 6) is 0.778. The number of alkyl halides is 3. The molecule has 0 unspecified atom stereocenters. The molecule has 1 aliphatic rings. The number of hydrogen-bond acceptors (Lipinski definition) is 1. The molecule has 1 aliphatic heterocycles. The molecular formula is C37H21F3O. The van der Waals surface area contributed by atoms with Crippen LogP contribution in [0.15, 0.2) is 127 Å². The Kier molecular flexibility index (Phi) is 5.05. The molecule has 0 bridgehead atoms. The summed E-state index contributed by atoms with van der Waals surface area (Å²) in [6.07, 6.45) is -4.44. The van der Waals surface area contributed by atoms with Crippen LogP contribution in [0.3, 0.4) is 0 Å². The van der Waals surface area contributed by atoms with Crippen molar-refractivity contribution in [2.75, 3.05) is 0 Å². The Labute approximate surface area is 234 Å². The van der Waals surface area contributed by atoms with Crippen molar-refractivity contribution in [1.82, 2.24) is 0 Å². The second kappa shape index (κ2) is 8.70. The normalized spacial score (nSPS) is 12.5. The van der Waals surface area contributed by atoms with Gasteiger partial charge in [0.1, 0.15) is 11.5 Å². The third-order valence-electron chi connectivity index (χ3n) is 8.12. The van der Waals surface area contributed by atoms with Gasteiger partial charge in [-0.25, -0.2) is 0 Å². The van der Waals surface area contributed by atoms with Gasteiger partial charge in [0.25, 0.3) is 0 Å². The number of hydrogen-bond donors (Lipinski definition) is 0. The highest BCUT2D eigenvalue weighted by Gasteiger charge is 2.32. The molecule has 0 saturated carbocycles. The minimum absolute atomic E-state index is 0.220. The van der Waals surface area contributed by atoms with E-state index in [1.807, 2.05) is 24.3 Å². The van der Waals surface area contributed by atoms with Crippen LogP contribution < -0.4 is 4.74 Å². The van der Waals surface area contributed by atoms with Crippen LogP contribution in [0.5, 0.6) is 11.5 Å². The second-order valence-electron chi connectivity index (χ2n) is 10.4. The lowest BCUT2D eigenvalue weighted by molar-refractivity contribution is -0.137. The topological polar surface area (TPSA) is 9.23 Å². The highest BCUT2D eigenvalue weighted by molar-refractivity contribution is 6.15. The molecule has 0 aliphatic carbocycles. The summed E-state index contributed by atoms with van der Waals surface area (Å²) in [6, 6.07) is 41.2. The first-order valence-electron chi connectivity index (χ1n) is 13.4. The quantitative estimate of drug-likeness (QED) is 0.213. The summed E-state index contributed by atoms with van der Waals surface area (Å²) >= 11 is 0. The van der Waals surface area contributed by atoms with Crippen molar-refractivity contribution in [3.63, 3.8) is 0 Å². The van der Waals surface area contributed by atoms with Gasteiger partial charge in [0, 0.05) is 10.9 Å². The molecule has 7 aromatic rings. The minimum atomic E-state index is -4.44. The van der Waals surface area contributed by atoms with Gasteiger partial charge in [0.05, 0.1) is 5.56 Å². The van der Waals surface area contributed by atoms with E-state index in [4.69, 9.17) is 4.74 Å². The molecule has 1 heterocycles. The predicted molar refractivity (Wildman–Crippen MR) is 160 cm³/mol. The van der Waals surface area contributed by atoms with Crippen molar-refractivity contribution in [2.45, 2.75) is 6.18 Å². The maximum atomic E-state index is 13.4. The number of benzene rings is 7. The Morgan fingerprint density at radius 1 is 0.415 bits per heavy atom. The number of fused-ring (bicyclic) bond motifs is 4. The lowest BCUT2D eigenvalue weighted by atomic mass is 9.86. The van der Waals surface area contributed by atoms with Gasteiger partial charge in [-0.05, 0) is 72.9 Å². The van der Waals surface area contributed by atoms with Gasteiger partial charge < -0.3 is 4.74 Å². The highest BCUT2D eigenvalue weighted by atomic mass is 19.4. The average molecular weight is 539 g/mol. The molecule has 196 valence electrons. The van der Waals surface area contributed by atoms with E-state index in [1.165, 1.54) is 28.0 Å². The third kappa shape index (κ3) is 3.64. The molecule has 0 N–H and O–H groups in total. The molecule has 0 fully saturated rings. The van der Waals surface area contributed by atoms with Gasteiger partial charge in [-0.3, -0.25) is 0 Å². The Morgan fingerprint density at radius 2 is 0.951 bits per heavy atom. The minimum Gasteiger partial charge on any atom is -0.456 e. The van der Waals surface area contributed by atoms with Gasteiger partial charge in [0.15, 0.2) is 0 Å². The molecule has 0 aromatic heterocycles. The van der Waals surface area contributed by atoms with E-state index < -0.39 is 11.7 Å². The molecule has 8 rings (SSSR count). The van der Waals surface area contributed by atoms with E-state index in [9.17, 15) is 13.2 Å². The first kappa shape index (κ1) is 23.8. The zero-order valence-corrected chi connectivity index (χ0v) is 21.7. The Morgan fingerprint density at radius 3 is 1.71 bits per heavy atom. The molecule has 0 radical (unpaired) electrons. The van der Waals surface area contributed by atoms with Crippen LogP contribution in [-0.2, 0) is 6.18 Å². The standard InChI is InChI=1S/C37H21F3O/c38-37(39,40)23-15-16-31-33-14-6-13-32-30(19-20-34(36(32)33)41-35(31)21-23)29-18-17-28(26-10-3-4-11-27(26)29)25-12-5-8-22-7-1-2-9-24(22)25/h1-21H. The molecule has 1 nitrogen and oxygen atoms in total. The van der Waals surface area contributed by atoms with Crippen LogP contribution in [0.25, 0.3) is 65.7 Å². The van der Waals surface area contributed by atoms with Crippen molar-refractivity contribution >= 4 is 32.3 Å². The highest BCUT2D eigenvalue weighted by Crippen LogP contribution is 2.50. The molecule has 4 heteroatoms. The van der Waals surface area contributed by atoms with Crippen LogP contribution >= 0.6 is 0 Å². The molecule has 41 heavy (non-hydrogen) atoms. The fraction of sp³-hybridized carbons (Fsp3) is 0.0270. The first-order valence-corrected chi connectivity index (χ1v) is 13.4. The molecule has 0 atom stereocenters. The number of ether oxygens (including phenoxy) is 1. The lowest BCUT2D eigenvalue weighted by Crippen LogP contribution is -2.06. The number of rotatable bonds is 2. The molecule has 7 aromatic carbocycles. The summed E-state index contributed by atoms with van der Waals surface area (Å²) in [5, 5.41) is 6.59. The van der Waals surface area contributed by atoms with Crippen LogP contribution in [0.4, 0.5) is 13.2 Å². The predicted octanol–water partition coefficient (Wildman–Crippen LogP) is 11.3. The Balaban J connectivity index is 1.35. The number of halogens is 3. The van der Waals surface area contributed by atoms with Gasteiger partial charge in [-0.1, -0.05) is 109 Å². The fourth-order valence-electron chi connectivity index (χ4n) is 6.27. The summed E-state index contributed by atoms with van der Waals surface area (Å²) in [5.41, 5.74) is 5.29. The van der Waals surface area contributed by atoms with Crippen LogP contribution in [0, 0.1) is 0 Å². The van der Waals surface area contributed by atoms with Crippen molar-refractivity contribution in [3.05, 3.63) is 133 Å². The maximum absolute atomic E-state index is 13.4. The lowest BCUT2D eigenvalue weighted by Gasteiger charge is -2.24. The summed E-state index contributed by atoms with van der Waals surface area (Å²) in [7, 11) is 0. The van der Waals surface area contributed by atoms with Crippen molar-refractivity contribution < 1.29 is 17.9 Å². The van der Waals surface area contributed by atoms with E-state index in [2.05, 4.69) is 84.9 Å². The second-order valence-corrected chi connectivity index (χ2v) is 10.4. The zero-order chi connectivity index (χ0) is 27.7. The zero-order valence-electron chi connectivity index (χ0n) is 21.7. The van der Waals surface area contributed by atoms with E-state index in [0.717, 1.165) is 50.4 Å². The van der Waals surface area contributed by atoms with Crippen LogP contribution in [-0.4, -0.2) is 0 Å². The largest absolute Gasteiger partial charge is 0.456 e. The first-order chi connectivity index (χ1) is 20.0. The monoisotopic (exact) mass is 538 g/mol. The van der Waals surface area contributed by atoms with Crippen molar-refractivity contribution in [2.24, 2.45) is 0 Å². The molecule has 0 spiro atoms. The van der Waals surface area contributed by atoms with Crippen LogP contribution in [0.1, 0.15) is 5.56 Å². The van der Waals surface area contributed by atoms with E-state index in [0.29, 0.717) is 11.3 Å². The Bertz CT molecular complexity index is 2170. The van der Waals surface area contributed by atoms with Gasteiger partial charge in [-0.2, -0.15) is 13.2 Å². The fourth-order valence-corrected chi connectivity index (χ4v) is 6.27. The van der Waals surface area contributed by atoms with Gasteiger partial charge in [0.2, 0.25) is 0 Å². The maximum Gasteiger partial charge on any atom is 0.416 e. The molecular weight excluding hydrogens is 517 g/mol. The summed E-state index contributed by atoms with van der Waals surface area (Å²) < 4.78 is 46.3. The van der Waals surface area contributed by atoms with Crippen molar-refractivity contribution in [1.29, 1.82) is 0 Å². The summed E-state index contributed by atoms with van der Waals surface area (Å²) in [4.78, 5) is 0. The molecule has 0 saturated heterocycles. The average Bonchev–Trinajstić information content (AvgIpc) is 3.00. The summed E-state index contributed by atoms with van der Waals surface area (Å²) in [6.45, 7) is 0. The van der Waals surface area contributed by atoms with Crippen LogP contribution in [0.2, 0.25) is 0 Å². The molecule has 0 amide bonds. The van der Waals surface area contributed by atoms with E-state index in [-0.39, 0.29) is 5.75 Å². The van der Waals surface area contributed by atoms with E-state index in [1.54, 1.807) is 0 Å². The third-order valence-corrected chi connectivity index (χ3v) is 8.12. The Hall–Kier alpha value is -5.09. The van der Waals surface area contributed by atoms with Gasteiger partial charge >= 0.3 is 6.18 Å². The van der Waals surface area contributed by atoms with E-state index >= 15 is 0 Å².